The molecule has 4 N–H and O–H groups in total. The fourth-order valence-corrected chi connectivity index (χ4v) is 3.07. The molecule has 32 heavy (non-hydrogen) atoms. The minimum Gasteiger partial charge on any atom is -0.436 e. The van der Waals surface area contributed by atoms with Crippen molar-refractivity contribution in [1.29, 1.82) is 0 Å². The summed E-state index contributed by atoms with van der Waals surface area (Å²) >= 11 is 0. The molecule has 0 spiro atoms. The first kappa shape index (κ1) is 21.5. The highest BCUT2D eigenvalue weighted by Gasteiger charge is 2.21. The van der Waals surface area contributed by atoms with E-state index in [0.717, 1.165) is 18.2 Å². The molecular weight excluding hydrogens is 432 g/mol. The summed E-state index contributed by atoms with van der Waals surface area (Å²) in [5.74, 6) is -3.76. The van der Waals surface area contributed by atoms with Gasteiger partial charge in [0.05, 0.1) is 30.2 Å². The second-order valence-corrected chi connectivity index (χ2v) is 6.81. The third-order valence-corrected chi connectivity index (χ3v) is 4.60. The Hall–Kier alpha value is -3.70. The molecular formula is C21H16F4N4O3. The van der Waals surface area contributed by atoms with Crippen LogP contribution in [-0.4, -0.2) is 44.7 Å². The highest BCUT2D eigenvalue weighted by Crippen LogP contribution is 2.36. The van der Waals surface area contributed by atoms with E-state index in [9.17, 15) is 27.8 Å². The first-order valence-electron chi connectivity index (χ1n) is 9.35. The van der Waals surface area contributed by atoms with Crippen LogP contribution in [0.25, 0.3) is 22.2 Å². The minimum absolute atomic E-state index is 0.0229. The van der Waals surface area contributed by atoms with Gasteiger partial charge in [-0.1, -0.05) is 0 Å². The summed E-state index contributed by atoms with van der Waals surface area (Å²) in [4.78, 5) is 4.23. The molecule has 2 aromatic heterocycles. The predicted octanol–water partition coefficient (Wildman–Crippen LogP) is 3.74. The molecule has 0 fully saturated rings. The normalized spacial score (nSPS) is 11.3. The smallest absolute Gasteiger partial charge is 0.223 e. The number of aromatic nitrogens is 3. The van der Waals surface area contributed by atoms with Gasteiger partial charge in [-0.2, -0.15) is 10.1 Å². The standard InChI is InChI=1S/C21H16F4N4O3/c22-10-1-3-13(14(24)5-10)20-19-16(28-29-20)7-18(27-21(19)26-12(8-30)9-31)32-17-4-2-11(23)6-15(17)25/h1-7,12,30-31H,8-9H2,(H,26,27)(H,28,29). The lowest BCUT2D eigenvalue weighted by Crippen LogP contribution is -2.28. The number of hydrogen-bond donors (Lipinski definition) is 4. The molecule has 11 heteroatoms. The number of ether oxygens (including phenoxy) is 1. The SMILES string of the molecule is OCC(CO)Nc1nc(Oc2ccc(F)cc2F)cc2[nH]nc(-c3ccc(F)cc3F)c12. The number of anilines is 1. The zero-order valence-electron chi connectivity index (χ0n) is 16.2. The summed E-state index contributed by atoms with van der Waals surface area (Å²) < 4.78 is 60.3. The number of pyridine rings is 1. The number of aliphatic hydroxyl groups is 2. The zero-order valence-corrected chi connectivity index (χ0v) is 16.2. The van der Waals surface area contributed by atoms with E-state index >= 15 is 0 Å². The van der Waals surface area contributed by atoms with Crippen molar-refractivity contribution < 1.29 is 32.5 Å². The molecule has 0 atom stereocenters. The van der Waals surface area contributed by atoms with Gasteiger partial charge in [0.2, 0.25) is 5.88 Å². The molecule has 0 radical (unpaired) electrons. The van der Waals surface area contributed by atoms with E-state index in [0.29, 0.717) is 12.1 Å². The Morgan fingerprint density at radius 3 is 2.28 bits per heavy atom. The van der Waals surface area contributed by atoms with Gasteiger partial charge in [0, 0.05) is 23.8 Å². The van der Waals surface area contributed by atoms with E-state index in [4.69, 9.17) is 4.74 Å². The van der Waals surface area contributed by atoms with Crippen molar-refractivity contribution in [1.82, 2.24) is 15.2 Å². The number of rotatable bonds is 7. The molecule has 2 aromatic carbocycles. The van der Waals surface area contributed by atoms with Crippen LogP contribution in [0.15, 0.2) is 42.5 Å². The van der Waals surface area contributed by atoms with Crippen LogP contribution in [0.1, 0.15) is 0 Å². The lowest BCUT2D eigenvalue weighted by Gasteiger charge is -2.16. The summed E-state index contributed by atoms with van der Waals surface area (Å²) in [6.45, 7) is -0.926. The summed E-state index contributed by atoms with van der Waals surface area (Å²) in [5.41, 5.74) is 0.348. The summed E-state index contributed by atoms with van der Waals surface area (Å²) in [7, 11) is 0. The maximum atomic E-state index is 14.4. The van der Waals surface area contributed by atoms with Gasteiger partial charge in [-0.15, -0.1) is 0 Å². The highest BCUT2D eigenvalue weighted by molar-refractivity contribution is 6.01. The predicted molar refractivity (Wildman–Crippen MR) is 107 cm³/mol. The summed E-state index contributed by atoms with van der Waals surface area (Å²) in [6, 6.07) is 6.23. The van der Waals surface area contributed by atoms with Crippen LogP contribution in [0.3, 0.4) is 0 Å². The van der Waals surface area contributed by atoms with Crippen LogP contribution in [-0.2, 0) is 0 Å². The van der Waals surface area contributed by atoms with Crippen molar-refractivity contribution in [3.05, 3.63) is 65.7 Å². The van der Waals surface area contributed by atoms with Gasteiger partial charge in [0.1, 0.15) is 29.0 Å². The number of fused-ring (bicyclic) bond motifs is 1. The van der Waals surface area contributed by atoms with Crippen molar-refractivity contribution in [3.63, 3.8) is 0 Å². The minimum atomic E-state index is -0.955. The van der Waals surface area contributed by atoms with E-state index < -0.39 is 42.5 Å². The maximum Gasteiger partial charge on any atom is 0.223 e. The molecule has 0 saturated heterocycles. The molecule has 7 nitrogen and oxygen atoms in total. The fourth-order valence-electron chi connectivity index (χ4n) is 3.07. The molecule has 0 aliphatic carbocycles. The Labute approximate surface area is 178 Å². The van der Waals surface area contributed by atoms with Crippen molar-refractivity contribution in [2.24, 2.45) is 0 Å². The van der Waals surface area contributed by atoms with Crippen molar-refractivity contribution in [2.75, 3.05) is 18.5 Å². The molecule has 0 unspecified atom stereocenters. The third kappa shape index (κ3) is 4.20. The average Bonchev–Trinajstić information content (AvgIpc) is 3.18. The van der Waals surface area contributed by atoms with Crippen LogP contribution >= 0.6 is 0 Å². The number of aromatic amines is 1. The molecule has 0 saturated carbocycles. The van der Waals surface area contributed by atoms with E-state index in [1.165, 1.54) is 12.1 Å². The molecule has 0 bridgehead atoms. The fraction of sp³-hybridized carbons (Fsp3) is 0.143. The Morgan fingerprint density at radius 2 is 1.62 bits per heavy atom. The number of benzene rings is 2. The molecule has 4 aromatic rings. The molecule has 2 heterocycles. The second kappa shape index (κ2) is 8.81. The average molecular weight is 448 g/mol. The summed E-state index contributed by atoms with van der Waals surface area (Å²) in [6.07, 6.45) is 0. The topological polar surface area (TPSA) is 103 Å². The number of H-pyrrole nitrogens is 1. The maximum absolute atomic E-state index is 14.4. The highest BCUT2D eigenvalue weighted by atomic mass is 19.1. The van der Waals surface area contributed by atoms with Gasteiger partial charge in [-0.05, 0) is 24.3 Å². The van der Waals surface area contributed by atoms with Crippen LogP contribution in [0.5, 0.6) is 11.6 Å². The molecule has 0 amide bonds. The van der Waals surface area contributed by atoms with Gasteiger partial charge < -0.3 is 20.3 Å². The molecule has 166 valence electrons. The zero-order chi connectivity index (χ0) is 22.8. The Kier molecular flexibility index (Phi) is 5.93. The van der Waals surface area contributed by atoms with Gasteiger partial charge in [-0.25, -0.2) is 17.6 Å². The van der Waals surface area contributed by atoms with E-state index in [2.05, 4.69) is 20.5 Å². The monoisotopic (exact) mass is 448 g/mol. The third-order valence-electron chi connectivity index (χ3n) is 4.60. The van der Waals surface area contributed by atoms with Crippen LogP contribution < -0.4 is 10.1 Å². The number of nitrogens with one attached hydrogen (secondary N) is 2. The number of halogens is 4. The molecule has 4 rings (SSSR count). The van der Waals surface area contributed by atoms with Crippen LogP contribution in [0.2, 0.25) is 0 Å². The van der Waals surface area contributed by atoms with Crippen LogP contribution in [0, 0.1) is 23.3 Å². The van der Waals surface area contributed by atoms with E-state index in [1.807, 2.05) is 0 Å². The van der Waals surface area contributed by atoms with Gasteiger partial charge >= 0.3 is 0 Å². The van der Waals surface area contributed by atoms with Gasteiger partial charge in [-0.3, -0.25) is 5.10 Å². The van der Waals surface area contributed by atoms with Gasteiger partial charge in [0.15, 0.2) is 11.6 Å². The lowest BCUT2D eigenvalue weighted by atomic mass is 10.1. The first-order valence-corrected chi connectivity index (χ1v) is 9.35. The lowest BCUT2D eigenvalue weighted by molar-refractivity contribution is 0.203. The van der Waals surface area contributed by atoms with Crippen molar-refractivity contribution in [2.45, 2.75) is 6.04 Å². The molecule has 0 aliphatic rings. The quantitative estimate of drug-likeness (QED) is 0.321. The summed E-state index contributed by atoms with van der Waals surface area (Å²) in [5, 5.41) is 28.7. The van der Waals surface area contributed by atoms with E-state index in [1.54, 1.807) is 0 Å². The molecule has 0 aliphatic heterocycles. The number of nitrogens with zero attached hydrogens (tertiary/aromatic N) is 2. The Bertz CT molecular complexity index is 1280. The van der Waals surface area contributed by atoms with Crippen molar-refractivity contribution >= 4 is 16.7 Å². The Morgan fingerprint density at radius 1 is 0.938 bits per heavy atom. The second-order valence-electron chi connectivity index (χ2n) is 6.81. The largest absolute Gasteiger partial charge is 0.436 e. The number of aliphatic hydroxyl groups excluding tert-OH is 2. The van der Waals surface area contributed by atoms with E-state index in [-0.39, 0.29) is 39.6 Å². The first-order chi connectivity index (χ1) is 15.4. The van der Waals surface area contributed by atoms with Crippen LogP contribution in [0.4, 0.5) is 23.4 Å². The van der Waals surface area contributed by atoms with Gasteiger partial charge in [0.25, 0.3) is 0 Å². The number of hydrogen-bond acceptors (Lipinski definition) is 6. The van der Waals surface area contributed by atoms with Crippen molar-refractivity contribution in [3.8, 4) is 22.9 Å². The Balaban J connectivity index is 1.84.